The molecule has 1 aromatic heterocycles. The van der Waals surface area contributed by atoms with E-state index in [1.807, 2.05) is 11.0 Å². The van der Waals surface area contributed by atoms with Crippen LogP contribution < -0.4 is 10.6 Å². The van der Waals surface area contributed by atoms with Gasteiger partial charge in [-0.3, -0.25) is 9.59 Å². The Labute approximate surface area is 192 Å². The highest BCUT2D eigenvalue weighted by atomic mass is 32.1. The summed E-state index contributed by atoms with van der Waals surface area (Å²) in [5.74, 6) is 7.59. The fourth-order valence-electron chi connectivity index (χ4n) is 4.75. The molecule has 0 atom stereocenters. The monoisotopic (exact) mass is 442 g/mol. The van der Waals surface area contributed by atoms with E-state index in [2.05, 4.69) is 46.5 Å². The first-order valence-electron chi connectivity index (χ1n) is 11.8. The topological polar surface area (TPSA) is 63.4 Å². The van der Waals surface area contributed by atoms with Crippen LogP contribution in [-0.2, 0) is 4.79 Å². The summed E-state index contributed by atoms with van der Waals surface area (Å²) in [6, 6.07) is 2.07. The molecule has 0 spiro atoms. The van der Waals surface area contributed by atoms with E-state index in [0.29, 0.717) is 22.4 Å². The van der Waals surface area contributed by atoms with E-state index >= 15 is 0 Å². The maximum Gasteiger partial charge on any atom is 0.260 e. The van der Waals surface area contributed by atoms with Gasteiger partial charge in [0.25, 0.3) is 5.91 Å². The number of carbonyl (C=O) groups is 2. The van der Waals surface area contributed by atoms with Crippen LogP contribution in [0, 0.1) is 35.0 Å². The first-order valence-corrected chi connectivity index (χ1v) is 12.7. The van der Waals surface area contributed by atoms with Crippen molar-refractivity contribution in [1.82, 2.24) is 0 Å². The number of hydrogen-bond acceptors (Lipinski definition) is 3. The number of rotatable bonds is 4. The molecule has 0 unspecified atom stereocenters. The van der Waals surface area contributed by atoms with Gasteiger partial charge >= 0.3 is 0 Å². The van der Waals surface area contributed by atoms with Gasteiger partial charge in [-0.25, -0.2) is 0 Å². The molecule has 0 radical (unpaired) electrons. The number of nitrogens with two attached hydrogens (primary N) is 1. The third-order valence-electron chi connectivity index (χ3n) is 6.71. The fraction of sp³-hybridized carbons (Fsp3) is 0.692. The van der Waals surface area contributed by atoms with Gasteiger partial charge in [-0.1, -0.05) is 25.7 Å². The van der Waals surface area contributed by atoms with Gasteiger partial charge in [0.2, 0.25) is 5.91 Å². The number of thiophene rings is 1. The lowest BCUT2D eigenvalue weighted by Gasteiger charge is -2.39. The van der Waals surface area contributed by atoms with E-state index < -0.39 is 5.91 Å². The molecule has 0 bridgehead atoms. The summed E-state index contributed by atoms with van der Waals surface area (Å²) in [5.41, 5.74) is 6.34. The van der Waals surface area contributed by atoms with Gasteiger partial charge in [0.05, 0.1) is 10.6 Å². The summed E-state index contributed by atoms with van der Waals surface area (Å²) in [7, 11) is 0. The molecular formula is C26H38N2O2S. The van der Waals surface area contributed by atoms with Crippen molar-refractivity contribution >= 4 is 28.8 Å². The second kappa shape index (κ2) is 9.77. The highest BCUT2D eigenvalue weighted by molar-refractivity contribution is 7.15. The van der Waals surface area contributed by atoms with E-state index in [4.69, 9.17) is 5.73 Å². The lowest BCUT2D eigenvalue weighted by Crippen LogP contribution is -2.46. The Morgan fingerprint density at radius 1 is 1.00 bits per heavy atom. The smallest absolute Gasteiger partial charge is 0.260 e. The summed E-state index contributed by atoms with van der Waals surface area (Å²) in [6.07, 6.45) is 8.26. The van der Waals surface area contributed by atoms with Gasteiger partial charge in [-0.15, -0.1) is 11.3 Å². The van der Waals surface area contributed by atoms with Gasteiger partial charge in [0, 0.05) is 17.4 Å². The summed E-state index contributed by atoms with van der Waals surface area (Å²) >= 11 is 1.32. The summed E-state index contributed by atoms with van der Waals surface area (Å²) in [4.78, 5) is 29.4. The van der Waals surface area contributed by atoms with Crippen LogP contribution in [0.25, 0.3) is 0 Å². The number of hydrogen-bond donors (Lipinski definition) is 1. The number of nitrogens with zero attached hydrogens (tertiary/aromatic N) is 1. The van der Waals surface area contributed by atoms with Crippen molar-refractivity contribution in [2.75, 3.05) is 4.90 Å². The van der Waals surface area contributed by atoms with E-state index in [-0.39, 0.29) is 23.3 Å². The Bertz CT molecular complexity index is 854. The SMILES string of the molecule is CC(C)(C)C#Cc1cc(N(C(=O)[C@H]2CC[C@H](C)CC2)[C@H]2CC[C@@H](C)CC2)c(C(N)=O)s1. The summed E-state index contributed by atoms with van der Waals surface area (Å²) in [6.45, 7) is 10.7. The van der Waals surface area contributed by atoms with Crippen LogP contribution in [0.15, 0.2) is 6.07 Å². The Kier molecular flexibility index (Phi) is 7.52. The molecule has 0 aliphatic heterocycles. The fourth-order valence-corrected chi connectivity index (χ4v) is 5.60. The molecule has 2 aliphatic rings. The van der Waals surface area contributed by atoms with Crippen molar-refractivity contribution < 1.29 is 9.59 Å². The minimum atomic E-state index is -0.469. The molecule has 0 aromatic carbocycles. The molecule has 2 N–H and O–H groups in total. The molecule has 2 fully saturated rings. The standard InChI is InChI=1S/C26H38N2O2S/c1-17-6-10-19(11-7-17)25(30)28(20-12-8-18(2)9-13-20)22-16-21(14-15-26(3,4)5)31-23(22)24(27)29/h16-20H,6-13H2,1-5H3,(H2,27,29)/t17-,18-,19-,20+. The largest absolute Gasteiger partial charge is 0.365 e. The van der Waals surface area contributed by atoms with E-state index in [1.165, 1.54) is 11.3 Å². The lowest BCUT2D eigenvalue weighted by atomic mass is 9.81. The van der Waals surface area contributed by atoms with Gasteiger partial charge < -0.3 is 10.6 Å². The molecule has 3 rings (SSSR count). The van der Waals surface area contributed by atoms with E-state index in [0.717, 1.165) is 56.2 Å². The highest BCUT2D eigenvalue weighted by Crippen LogP contribution is 2.39. The molecule has 2 aliphatic carbocycles. The van der Waals surface area contributed by atoms with Crippen molar-refractivity contribution in [3.63, 3.8) is 0 Å². The number of carbonyl (C=O) groups excluding carboxylic acids is 2. The average Bonchev–Trinajstić information content (AvgIpc) is 3.12. The van der Waals surface area contributed by atoms with Crippen LogP contribution in [0.2, 0.25) is 0 Å². The van der Waals surface area contributed by atoms with Crippen LogP contribution in [0.4, 0.5) is 5.69 Å². The van der Waals surface area contributed by atoms with Crippen LogP contribution >= 0.6 is 11.3 Å². The maximum atomic E-state index is 13.8. The molecule has 4 nitrogen and oxygen atoms in total. The summed E-state index contributed by atoms with van der Waals surface area (Å²) in [5, 5.41) is 0. The highest BCUT2D eigenvalue weighted by Gasteiger charge is 2.36. The number of amides is 2. The van der Waals surface area contributed by atoms with E-state index in [9.17, 15) is 9.59 Å². The predicted molar refractivity (Wildman–Crippen MR) is 129 cm³/mol. The van der Waals surface area contributed by atoms with Crippen LogP contribution in [-0.4, -0.2) is 17.9 Å². The van der Waals surface area contributed by atoms with Crippen molar-refractivity contribution in [1.29, 1.82) is 0 Å². The normalized spacial score (nSPS) is 26.6. The molecule has 5 heteroatoms. The van der Waals surface area contributed by atoms with Gasteiger partial charge in [0.1, 0.15) is 4.88 Å². The van der Waals surface area contributed by atoms with Crippen molar-refractivity contribution in [3.8, 4) is 11.8 Å². The number of primary amides is 1. The van der Waals surface area contributed by atoms with Crippen molar-refractivity contribution in [2.24, 2.45) is 28.9 Å². The molecule has 1 aromatic rings. The Balaban J connectivity index is 1.99. The Hall–Kier alpha value is -1.80. The van der Waals surface area contributed by atoms with Crippen molar-refractivity contribution in [2.45, 2.75) is 92.0 Å². The molecule has 2 saturated carbocycles. The summed E-state index contributed by atoms with van der Waals surface area (Å²) < 4.78 is 0. The first kappa shape index (κ1) is 23.9. The third kappa shape index (κ3) is 6.13. The van der Waals surface area contributed by atoms with Crippen LogP contribution in [0.3, 0.4) is 0 Å². The van der Waals surface area contributed by atoms with Gasteiger partial charge in [0.15, 0.2) is 0 Å². The molecule has 2 amide bonds. The second-order valence-electron chi connectivity index (χ2n) is 10.8. The zero-order valence-corrected chi connectivity index (χ0v) is 20.6. The zero-order chi connectivity index (χ0) is 22.8. The van der Waals surface area contributed by atoms with Crippen LogP contribution in [0.5, 0.6) is 0 Å². The Morgan fingerprint density at radius 3 is 2.06 bits per heavy atom. The minimum Gasteiger partial charge on any atom is -0.365 e. The first-order chi connectivity index (χ1) is 14.5. The average molecular weight is 443 g/mol. The zero-order valence-electron chi connectivity index (χ0n) is 19.8. The molecule has 1 heterocycles. The second-order valence-corrected chi connectivity index (χ2v) is 11.8. The molecule has 31 heavy (non-hydrogen) atoms. The number of anilines is 1. The van der Waals surface area contributed by atoms with E-state index in [1.54, 1.807) is 0 Å². The molecule has 170 valence electrons. The van der Waals surface area contributed by atoms with Crippen molar-refractivity contribution in [3.05, 3.63) is 15.8 Å². The lowest BCUT2D eigenvalue weighted by molar-refractivity contribution is -0.124. The van der Waals surface area contributed by atoms with Gasteiger partial charge in [-0.05, 0) is 90.0 Å². The molecule has 0 saturated heterocycles. The third-order valence-corrected chi connectivity index (χ3v) is 7.76. The predicted octanol–water partition coefficient (Wildman–Crippen LogP) is 5.98. The maximum absolute atomic E-state index is 13.8. The van der Waals surface area contributed by atoms with Gasteiger partial charge in [-0.2, -0.15) is 0 Å². The minimum absolute atomic E-state index is 0.0419. The van der Waals surface area contributed by atoms with Crippen LogP contribution in [0.1, 0.15) is 101 Å². The quantitative estimate of drug-likeness (QED) is 0.583. The molecular weight excluding hydrogens is 404 g/mol. The Morgan fingerprint density at radius 2 is 1.55 bits per heavy atom.